The molecular weight excluding hydrogens is 126 g/mol. The third-order valence-corrected chi connectivity index (χ3v) is 1.99. The van der Waals surface area contributed by atoms with Crippen LogP contribution in [0.3, 0.4) is 0 Å². The smallest absolute Gasteiger partial charge is 0.160 e. The normalized spacial score (nSPS) is 23.2. The molecule has 1 rings (SSSR count). The van der Waals surface area contributed by atoms with E-state index in [0.717, 1.165) is 30.5 Å². The van der Waals surface area contributed by atoms with Crippen LogP contribution in [0.5, 0.6) is 0 Å². The zero-order valence-electron chi connectivity index (χ0n) is 6.53. The first kappa shape index (κ1) is 7.32. The van der Waals surface area contributed by atoms with Gasteiger partial charge in [-0.3, -0.25) is 4.79 Å². The van der Waals surface area contributed by atoms with Gasteiger partial charge in [0.05, 0.1) is 0 Å². The van der Waals surface area contributed by atoms with Crippen molar-refractivity contribution in [3.05, 3.63) is 11.3 Å². The molecule has 56 valence electrons. The Morgan fingerprint density at radius 1 is 1.50 bits per heavy atom. The molecule has 0 bridgehead atoms. The maximum absolute atomic E-state index is 11.1. The van der Waals surface area contributed by atoms with Gasteiger partial charge in [0.1, 0.15) is 0 Å². The van der Waals surface area contributed by atoms with Gasteiger partial charge in [0, 0.05) is 24.7 Å². The number of allylic oxidation sites excluding steroid dienone is 2. The minimum atomic E-state index is 0.326. The van der Waals surface area contributed by atoms with Crippen molar-refractivity contribution in [1.82, 2.24) is 5.32 Å². The number of hydrogen-bond acceptors (Lipinski definition) is 2. The summed E-state index contributed by atoms with van der Waals surface area (Å²) in [5, 5.41) is 3.00. The monoisotopic (exact) mass is 139 g/mol. The standard InChI is InChI=1S/C8H13NO/c1-6(9-2)7-4-3-5-8(7)10/h9H,3-5H2,1-2H3/b7-6-. The van der Waals surface area contributed by atoms with Gasteiger partial charge in [-0.1, -0.05) is 0 Å². The molecule has 0 saturated heterocycles. The second-order valence-electron chi connectivity index (χ2n) is 2.63. The SMILES string of the molecule is CN/C(C)=C1/CCCC1=O. The molecule has 0 aromatic rings. The van der Waals surface area contributed by atoms with Gasteiger partial charge in [-0.2, -0.15) is 0 Å². The third kappa shape index (κ3) is 1.20. The van der Waals surface area contributed by atoms with Gasteiger partial charge in [-0.15, -0.1) is 0 Å². The van der Waals surface area contributed by atoms with Crippen molar-refractivity contribution >= 4 is 5.78 Å². The van der Waals surface area contributed by atoms with E-state index < -0.39 is 0 Å². The molecule has 1 aliphatic carbocycles. The van der Waals surface area contributed by atoms with E-state index in [1.54, 1.807) is 0 Å². The van der Waals surface area contributed by atoms with Gasteiger partial charge in [-0.05, 0) is 19.8 Å². The van der Waals surface area contributed by atoms with Crippen LogP contribution in [0.2, 0.25) is 0 Å². The molecule has 1 fully saturated rings. The fourth-order valence-electron chi connectivity index (χ4n) is 1.26. The molecule has 0 aromatic heterocycles. The van der Waals surface area contributed by atoms with E-state index in [9.17, 15) is 4.79 Å². The number of rotatable bonds is 1. The van der Waals surface area contributed by atoms with E-state index in [-0.39, 0.29) is 0 Å². The highest BCUT2D eigenvalue weighted by atomic mass is 16.1. The minimum Gasteiger partial charge on any atom is -0.391 e. The number of carbonyl (C=O) groups excluding carboxylic acids is 1. The predicted molar refractivity (Wildman–Crippen MR) is 40.6 cm³/mol. The Morgan fingerprint density at radius 2 is 2.20 bits per heavy atom. The first-order valence-corrected chi connectivity index (χ1v) is 3.66. The number of nitrogens with one attached hydrogen (secondary N) is 1. The summed E-state index contributed by atoms with van der Waals surface area (Å²) in [6, 6.07) is 0. The lowest BCUT2D eigenvalue weighted by Gasteiger charge is -2.01. The molecule has 10 heavy (non-hydrogen) atoms. The Hall–Kier alpha value is -0.790. The Bertz CT molecular complexity index is 182. The molecule has 1 saturated carbocycles. The zero-order valence-corrected chi connectivity index (χ0v) is 6.53. The summed E-state index contributed by atoms with van der Waals surface area (Å²) >= 11 is 0. The van der Waals surface area contributed by atoms with Crippen molar-refractivity contribution in [2.24, 2.45) is 0 Å². The Morgan fingerprint density at radius 3 is 2.60 bits per heavy atom. The topological polar surface area (TPSA) is 29.1 Å². The van der Waals surface area contributed by atoms with Gasteiger partial charge >= 0.3 is 0 Å². The zero-order chi connectivity index (χ0) is 7.56. The molecule has 1 N–H and O–H groups in total. The number of Topliss-reactive ketones (excluding diaryl/α,β-unsaturated/α-hetero) is 1. The minimum absolute atomic E-state index is 0.326. The van der Waals surface area contributed by atoms with Crippen LogP contribution in [-0.2, 0) is 4.79 Å². The highest BCUT2D eigenvalue weighted by Crippen LogP contribution is 2.21. The third-order valence-electron chi connectivity index (χ3n) is 1.99. The highest BCUT2D eigenvalue weighted by molar-refractivity contribution is 5.97. The second kappa shape index (κ2) is 2.86. The van der Waals surface area contributed by atoms with Crippen molar-refractivity contribution in [3.8, 4) is 0 Å². The van der Waals surface area contributed by atoms with E-state index in [0.29, 0.717) is 5.78 Å². The summed E-state index contributed by atoms with van der Waals surface area (Å²) in [4.78, 5) is 11.1. The summed E-state index contributed by atoms with van der Waals surface area (Å²) in [5.74, 6) is 0.326. The molecule has 0 radical (unpaired) electrons. The van der Waals surface area contributed by atoms with Gasteiger partial charge in [0.25, 0.3) is 0 Å². The van der Waals surface area contributed by atoms with Crippen molar-refractivity contribution < 1.29 is 4.79 Å². The second-order valence-corrected chi connectivity index (χ2v) is 2.63. The summed E-state index contributed by atoms with van der Waals surface area (Å²) < 4.78 is 0. The molecule has 0 heterocycles. The Labute approximate surface area is 61.3 Å². The molecule has 2 heteroatoms. The van der Waals surface area contributed by atoms with E-state index in [2.05, 4.69) is 5.32 Å². The fraction of sp³-hybridized carbons (Fsp3) is 0.625. The van der Waals surface area contributed by atoms with Crippen LogP contribution >= 0.6 is 0 Å². The molecule has 0 spiro atoms. The van der Waals surface area contributed by atoms with Gasteiger partial charge in [0.15, 0.2) is 5.78 Å². The molecule has 0 unspecified atom stereocenters. The van der Waals surface area contributed by atoms with Crippen molar-refractivity contribution in [1.29, 1.82) is 0 Å². The Kier molecular flexibility index (Phi) is 2.10. The fourth-order valence-corrected chi connectivity index (χ4v) is 1.26. The molecular formula is C8H13NO. The van der Waals surface area contributed by atoms with Crippen LogP contribution in [0.4, 0.5) is 0 Å². The molecule has 0 aliphatic heterocycles. The van der Waals surface area contributed by atoms with Crippen LogP contribution in [0.1, 0.15) is 26.2 Å². The lowest BCUT2D eigenvalue weighted by molar-refractivity contribution is -0.114. The largest absolute Gasteiger partial charge is 0.391 e. The van der Waals surface area contributed by atoms with Gasteiger partial charge in [-0.25, -0.2) is 0 Å². The lowest BCUT2D eigenvalue weighted by atomic mass is 10.2. The molecule has 0 amide bonds. The summed E-state index contributed by atoms with van der Waals surface area (Å²) in [5.41, 5.74) is 2.05. The average Bonchev–Trinajstić information content (AvgIpc) is 2.34. The maximum Gasteiger partial charge on any atom is 0.160 e. The molecule has 0 atom stereocenters. The van der Waals surface area contributed by atoms with Crippen LogP contribution in [-0.4, -0.2) is 12.8 Å². The molecule has 1 aliphatic rings. The number of carbonyl (C=O) groups is 1. The lowest BCUT2D eigenvalue weighted by Crippen LogP contribution is -2.08. The van der Waals surface area contributed by atoms with Crippen LogP contribution in [0, 0.1) is 0 Å². The van der Waals surface area contributed by atoms with Crippen molar-refractivity contribution in [2.45, 2.75) is 26.2 Å². The van der Waals surface area contributed by atoms with Gasteiger partial charge < -0.3 is 5.32 Å². The number of hydrogen-bond donors (Lipinski definition) is 1. The van der Waals surface area contributed by atoms with Crippen molar-refractivity contribution in [2.75, 3.05) is 7.05 Å². The Balaban J connectivity index is 2.79. The van der Waals surface area contributed by atoms with Crippen LogP contribution in [0.25, 0.3) is 0 Å². The first-order valence-electron chi connectivity index (χ1n) is 3.66. The quantitative estimate of drug-likeness (QED) is 0.554. The van der Waals surface area contributed by atoms with Crippen LogP contribution in [0.15, 0.2) is 11.3 Å². The first-order chi connectivity index (χ1) is 4.75. The van der Waals surface area contributed by atoms with Crippen LogP contribution < -0.4 is 5.32 Å². The summed E-state index contributed by atoms with van der Waals surface area (Å²) in [7, 11) is 1.86. The number of ketones is 1. The van der Waals surface area contributed by atoms with E-state index in [1.165, 1.54) is 0 Å². The van der Waals surface area contributed by atoms with E-state index in [1.807, 2.05) is 14.0 Å². The average molecular weight is 139 g/mol. The molecule has 0 aromatic carbocycles. The summed E-state index contributed by atoms with van der Waals surface area (Å²) in [6.45, 7) is 1.96. The predicted octanol–water partition coefficient (Wildman–Crippen LogP) is 1.23. The maximum atomic E-state index is 11.1. The summed E-state index contributed by atoms with van der Waals surface area (Å²) in [6.07, 6.45) is 2.74. The molecule has 2 nitrogen and oxygen atoms in total. The van der Waals surface area contributed by atoms with Crippen molar-refractivity contribution in [3.63, 3.8) is 0 Å². The van der Waals surface area contributed by atoms with E-state index >= 15 is 0 Å². The highest BCUT2D eigenvalue weighted by Gasteiger charge is 2.18. The van der Waals surface area contributed by atoms with Gasteiger partial charge in [0.2, 0.25) is 0 Å². The van der Waals surface area contributed by atoms with E-state index in [4.69, 9.17) is 0 Å².